The first-order valence-electron chi connectivity index (χ1n) is 8.54. The smallest absolute Gasteiger partial charge is 0.393 e. The van der Waals surface area contributed by atoms with Crippen molar-refractivity contribution in [1.82, 2.24) is 15.1 Å². The van der Waals surface area contributed by atoms with Crippen LogP contribution in [-0.4, -0.2) is 27.0 Å². The van der Waals surface area contributed by atoms with E-state index in [1.54, 1.807) is 18.2 Å². The van der Waals surface area contributed by atoms with E-state index in [0.717, 1.165) is 6.20 Å². The monoisotopic (exact) mass is 421 g/mol. The van der Waals surface area contributed by atoms with E-state index in [9.17, 15) is 22.4 Å². The number of aromatic amines is 1. The molecule has 2 aromatic heterocycles. The number of aliphatic imine (C=N–C) groups is 1. The maximum Gasteiger partial charge on any atom is 0.393 e. The predicted octanol–water partition coefficient (Wildman–Crippen LogP) is 2.99. The molecule has 0 radical (unpaired) electrons. The van der Waals surface area contributed by atoms with Crippen molar-refractivity contribution >= 4 is 11.4 Å². The molecule has 0 saturated heterocycles. The van der Waals surface area contributed by atoms with Crippen molar-refractivity contribution in [2.45, 2.75) is 19.1 Å². The minimum atomic E-state index is -4.54. The molecule has 0 bridgehead atoms. The van der Waals surface area contributed by atoms with Crippen molar-refractivity contribution < 1.29 is 22.1 Å². The van der Waals surface area contributed by atoms with Gasteiger partial charge in [0.25, 0.3) is 5.56 Å². The molecular weight excluding hydrogens is 406 g/mol. The summed E-state index contributed by atoms with van der Waals surface area (Å²) in [7, 11) is 0. The number of aromatic nitrogens is 3. The molecule has 2 heterocycles. The first-order chi connectivity index (χ1) is 14.2. The van der Waals surface area contributed by atoms with Gasteiger partial charge in [0.2, 0.25) is 0 Å². The summed E-state index contributed by atoms with van der Waals surface area (Å²) in [4.78, 5) is 22.2. The number of nitrogens with two attached hydrogens (primary N) is 1. The Morgan fingerprint density at radius 3 is 2.63 bits per heavy atom. The second-order valence-electron chi connectivity index (χ2n) is 6.16. The number of rotatable bonds is 6. The zero-order valence-electron chi connectivity index (χ0n) is 15.3. The van der Waals surface area contributed by atoms with Gasteiger partial charge >= 0.3 is 6.18 Å². The molecule has 0 saturated carbocycles. The quantitative estimate of drug-likeness (QED) is 0.470. The van der Waals surface area contributed by atoms with Gasteiger partial charge in [-0.05, 0) is 12.1 Å². The highest BCUT2D eigenvalue weighted by atomic mass is 19.4. The lowest BCUT2D eigenvalue weighted by Crippen LogP contribution is -2.23. The summed E-state index contributed by atoms with van der Waals surface area (Å²) in [6, 6.07) is 7.55. The van der Waals surface area contributed by atoms with Crippen molar-refractivity contribution in [2.75, 3.05) is 0 Å². The van der Waals surface area contributed by atoms with Gasteiger partial charge in [-0.15, -0.1) is 0 Å². The third-order valence-electron chi connectivity index (χ3n) is 3.91. The molecule has 0 aliphatic carbocycles. The van der Waals surface area contributed by atoms with E-state index in [0.29, 0.717) is 5.56 Å². The lowest BCUT2D eigenvalue weighted by atomic mass is 10.2. The second-order valence-corrected chi connectivity index (χ2v) is 6.16. The van der Waals surface area contributed by atoms with Gasteiger partial charge in [-0.1, -0.05) is 23.4 Å². The van der Waals surface area contributed by atoms with Crippen LogP contribution in [0.5, 0.6) is 0 Å². The Bertz CT molecular complexity index is 1130. The number of benzene rings is 1. The third kappa shape index (κ3) is 5.40. The number of H-pyrrole nitrogens is 1. The van der Waals surface area contributed by atoms with E-state index in [-0.39, 0.29) is 29.5 Å². The fourth-order valence-corrected chi connectivity index (χ4v) is 2.47. The molecule has 11 heteroatoms. The average Bonchev–Trinajstić information content (AvgIpc) is 3.21. The zero-order chi connectivity index (χ0) is 21.7. The molecule has 3 aromatic rings. The summed E-state index contributed by atoms with van der Waals surface area (Å²) in [5, 5.41) is 3.75. The first kappa shape index (κ1) is 21.0. The molecule has 156 valence electrons. The number of hydrogen-bond acceptors (Lipinski definition) is 6. The van der Waals surface area contributed by atoms with Gasteiger partial charge in [0.05, 0.1) is 24.4 Å². The number of nitrogens with zero attached hydrogens (tertiary/aromatic N) is 3. The van der Waals surface area contributed by atoms with E-state index in [2.05, 4.69) is 20.1 Å². The van der Waals surface area contributed by atoms with Crippen LogP contribution in [0.2, 0.25) is 0 Å². The molecular formula is C19H15F4N5O2. The number of nitrogens with one attached hydrogen (secondary N) is 1. The zero-order valence-corrected chi connectivity index (χ0v) is 15.3. The lowest BCUT2D eigenvalue weighted by molar-refractivity contribution is -0.127. The summed E-state index contributed by atoms with van der Waals surface area (Å²) in [6.45, 7) is -0.0346. The van der Waals surface area contributed by atoms with Crippen LogP contribution in [0, 0.1) is 5.82 Å². The number of allylic oxidation sites excluding steroid dienone is 1. The van der Waals surface area contributed by atoms with Crippen molar-refractivity contribution in [1.29, 1.82) is 0 Å². The summed E-state index contributed by atoms with van der Waals surface area (Å²) in [6.07, 6.45) is -2.54. The van der Waals surface area contributed by atoms with Gasteiger partial charge in [-0.2, -0.15) is 13.2 Å². The molecule has 0 aliphatic heterocycles. The molecule has 3 N–H and O–H groups in total. The Labute approximate surface area is 167 Å². The van der Waals surface area contributed by atoms with E-state index in [4.69, 9.17) is 10.3 Å². The number of hydrogen-bond donors (Lipinski definition) is 2. The topological polar surface area (TPSA) is 110 Å². The first-order valence-corrected chi connectivity index (χ1v) is 8.54. The Kier molecular flexibility index (Phi) is 6.09. The molecule has 0 spiro atoms. The second kappa shape index (κ2) is 8.72. The molecule has 0 unspecified atom stereocenters. The Hall–Kier alpha value is -3.76. The highest BCUT2D eigenvalue weighted by molar-refractivity contribution is 6.10. The van der Waals surface area contributed by atoms with Crippen molar-refractivity contribution in [3.8, 4) is 0 Å². The van der Waals surface area contributed by atoms with Crippen LogP contribution >= 0.6 is 0 Å². The molecule has 30 heavy (non-hydrogen) atoms. The summed E-state index contributed by atoms with van der Waals surface area (Å²) in [5.41, 5.74) is 5.17. The maximum absolute atomic E-state index is 13.8. The Morgan fingerprint density at radius 2 is 2.00 bits per heavy atom. The van der Waals surface area contributed by atoms with E-state index < -0.39 is 29.5 Å². The van der Waals surface area contributed by atoms with Crippen molar-refractivity contribution in [3.05, 3.63) is 87.7 Å². The van der Waals surface area contributed by atoms with Crippen LogP contribution in [0.4, 0.5) is 17.6 Å². The highest BCUT2D eigenvalue weighted by Crippen LogP contribution is 2.19. The van der Waals surface area contributed by atoms with Crippen LogP contribution in [0.25, 0.3) is 5.70 Å². The van der Waals surface area contributed by atoms with Gasteiger partial charge < -0.3 is 15.2 Å². The van der Waals surface area contributed by atoms with E-state index >= 15 is 0 Å². The Morgan fingerprint density at radius 1 is 1.23 bits per heavy atom. The highest BCUT2D eigenvalue weighted by Gasteiger charge is 2.29. The standard InChI is InChI=1S/C19H15F4N5O2/c20-13-4-2-1-3-11(13)9-25-16(15-5-6-30-28-15)7-14(24)17-26-10-12(18(29)27-17)8-19(21,22)23/h1-7,10H,8-9,24H2,(H,26,27,29)/b14-7-,25-16?. The third-order valence-corrected chi connectivity index (χ3v) is 3.91. The van der Waals surface area contributed by atoms with Crippen LogP contribution in [0.1, 0.15) is 22.6 Å². The number of alkyl halides is 3. The van der Waals surface area contributed by atoms with Gasteiger partial charge in [0.15, 0.2) is 5.82 Å². The summed E-state index contributed by atoms with van der Waals surface area (Å²) < 4.78 is 56.1. The van der Waals surface area contributed by atoms with Gasteiger partial charge in [-0.3, -0.25) is 9.79 Å². The molecule has 1 aromatic carbocycles. The summed E-state index contributed by atoms with van der Waals surface area (Å²) >= 11 is 0. The molecule has 0 amide bonds. The Balaban J connectivity index is 1.91. The minimum absolute atomic E-state index is 0.0346. The normalized spacial score (nSPS) is 12.9. The summed E-state index contributed by atoms with van der Waals surface area (Å²) in [5.74, 6) is -0.586. The van der Waals surface area contributed by atoms with E-state index in [1.807, 2.05) is 0 Å². The minimum Gasteiger partial charge on any atom is -0.396 e. The molecule has 0 fully saturated rings. The largest absolute Gasteiger partial charge is 0.396 e. The SMILES string of the molecule is N/C(=C\C(=NCc1ccccc1F)c1ccon1)c1ncc(CC(F)(F)F)c(=O)[nH]1. The van der Waals surface area contributed by atoms with Gasteiger partial charge in [0, 0.05) is 23.4 Å². The molecule has 7 nitrogen and oxygen atoms in total. The van der Waals surface area contributed by atoms with E-state index in [1.165, 1.54) is 24.5 Å². The average molecular weight is 421 g/mol. The van der Waals surface area contributed by atoms with Crippen LogP contribution in [0.15, 0.2) is 63.2 Å². The van der Waals surface area contributed by atoms with Crippen LogP contribution in [-0.2, 0) is 13.0 Å². The number of halogens is 4. The lowest BCUT2D eigenvalue weighted by Gasteiger charge is -2.07. The van der Waals surface area contributed by atoms with Gasteiger partial charge in [-0.25, -0.2) is 9.37 Å². The predicted molar refractivity (Wildman–Crippen MR) is 99.9 cm³/mol. The van der Waals surface area contributed by atoms with Crippen LogP contribution in [0.3, 0.4) is 0 Å². The fraction of sp³-hybridized carbons (Fsp3) is 0.158. The van der Waals surface area contributed by atoms with Gasteiger partial charge in [0.1, 0.15) is 17.8 Å². The molecule has 3 rings (SSSR count). The molecule has 0 atom stereocenters. The maximum atomic E-state index is 13.8. The van der Waals surface area contributed by atoms with Crippen LogP contribution < -0.4 is 11.3 Å². The van der Waals surface area contributed by atoms with Crippen molar-refractivity contribution in [3.63, 3.8) is 0 Å². The fourth-order valence-electron chi connectivity index (χ4n) is 2.47. The molecule has 0 aliphatic rings. The van der Waals surface area contributed by atoms with Crippen molar-refractivity contribution in [2.24, 2.45) is 10.7 Å².